The maximum absolute atomic E-state index is 12.8. The Morgan fingerprint density at radius 1 is 1.29 bits per heavy atom. The van der Waals surface area contributed by atoms with Crippen LogP contribution in [0.1, 0.15) is 40.7 Å². The van der Waals surface area contributed by atoms with Crippen LogP contribution in [0.2, 0.25) is 5.02 Å². The zero-order valence-corrected chi connectivity index (χ0v) is 18.1. The molecule has 7 nitrogen and oxygen atoms in total. The van der Waals surface area contributed by atoms with Crippen LogP contribution in [0, 0.1) is 0 Å². The fourth-order valence-electron chi connectivity index (χ4n) is 3.74. The van der Waals surface area contributed by atoms with Gasteiger partial charge in [0.1, 0.15) is 0 Å². The van der Waals surface area contributed by atoms with Crippen LogP contribution in [0.4, 0.5) is 0 Å². The third-order valence-electron chi connectivity index (χ3n) is 5.06. The lowest BCUT2D eigenvalue weighted by Gasteiger charge is -2.11. The first-order valence-electron chi connectivity index (χ1n) is 10.1. The Kier molecular flexibility index (Phi) is 6.23. The van der Waals surface area contributed by atoms with Crippen molar-refractivity contribution in [3.63, 3.8) is 0 Å². The van der Waals surface area contributed by atoms with Gasteiger partial charge in [-0.05, 0) is 56.0 Å². The van der Waals surface area contributed by atoms with Crippen molar-refractivity contribution < 1.29 is 14.3 Å². The average Bonchev–Trinajstić information content (AvgIpc) is 3.37. The van der Waals surface area contributed by atoms with Gasteiger partial charge in [-0.2, -0.15) is 10.2 Å². The van der Waals surface area contributed by atoms with E-state index in [0.29, 0.717) is 34.4 Å². The fourth-order valence-corrected chi connectivity index (χ4v) is 4.04. The molecule has 0 saturated heterocycles. The molecule has 0 unspecified atom stereocenters. The summed E-state index contributed by atoms with van der Waals surface area (Å²) in [4.78, 5) is 12.8. The first-order chi connectivity index (χ1) is 15.1. The minimum Gasteiger partial charge on any atom is -0.491 e. The number of methoxy groups -OCH3 is 1. The van der Waals surface area contributed by atoms with Gasteiger partial charge in [0.05, 0.1) is 30.6 Å². The van der Waals surface area contributed by atoms with E-state index >= 15 is 0 Å². The van der Waals surface area contributed by atoms with Gasteiger partial charge in [-0.25, -0.2) is 10.1 Å². The first kappa shape index (κ1) is 20.9. The number of amides is 1. The molecular weight excluding hydrogens is 416 g/mol. The monoisotopic (exact) mass is 438 g/mol. The molecule has 0 radical (unpaired) electrons. The van der Waals surface area contributed by atoms with Crippen LogP contribution in [-0.2, 0) is 12.8 Å². The average molecular weight is 439 g/mol. The fraction of sp³-hybridized carbons (Fsp3) is 0.261. The van der Waals surface area contributed by atoms with E-state index in [1.807, 2.05) is 41.9 Å². The summed E-state index contributed by atoms with van der Waals surface area (Å²) >= 11 is 6.27. The van der Waals surface area contributed by atoms with Crippen LogP contribution >= 0.6 is 11.6 Å². The van der Waals surface area contributed by atoms with E-state index in [0.717, 1.165) is 36.2 Å². The molecule has 1 aromatic heterocycles. The SMILES string of the molecule is CCOc1cc(/C=N/NC(=O)c2nn(-c3ccccc3)c3c2CCC3)cc(Cl)c1OC. The standard InChI is InChI=1S/C23H23ClN4O3/c1-3-31-20-13-15(12-18(24)22(20)30-2)14-25-26-23(29)21-17-10-7-11-19(17)28(27-21)16-8-5-4-6-9-16/h4-6,8-9,12-14H,3,7,10-11H2,1-2H3,(H,26,29)/b25-14+. The smallest absolute Gasteiger partial charge is 0.292 e. The number of hydrazone groups is 1. The molecule has 31 heavy (non-hydrogen) atoms. The van der Waals surface area contributed by atoms with Crippen LogP contribution in [0.15, 0.2) is 47.6 Å². The highest BCUT2D eigenvalue weighted by Gasteiger charge is 2.26. The van der Waals surface area contributed by atoms with Crippen molar-refractivity contribution in [2.24, 2.45) is 5.10 Å². The Balaban J connectivity index is 1.54. The van der Waals surface area contributed by atoms with Crippen molar-refractivity contribution in [1.82, 2.24) is 15.2 Å². The summed E-state index contributed by atoms with van der Waals surface area (Å²) in [5.41, 5.74) is 6.69. The highest BCUT2D eigenvalue weighted by Crippen LogP contribution is 2.36. The van der Waals surface area contributed by atoms with Crippen LogP contribution in [0.5, 0.6) is 11.5 Å². The Morgan fingerprint density at radius 2 is 2.10 bits per heavy atom. The van der Waals surface area contributed by atoms with Crippen LogP contribution in [0.25, 0.3) is 5.69 Å². The number of nitrogens with one attached hydrogen (secondary N) is 1. The van der Waals surface area contributed by atoms with Gasteiger partial charge in [-0.3, -0.25) is 4.79 Å². The Bertz CT molecular complexity index is 1130. The Morgan fingerprint density at radius 3 is 2.84 bits per heavy atom. The van der Waals surface area contributed by atoms with Crippen molar-refractivity contribution in [2.45, 2.75) is 26.2 Å². The van der Waals surface area contributed by atoms with Crippen LogP contribution in [-0.4, -0.2) is 35.6 Å². The lowest BCUT2D eigenvalue weighted by Crippen LogP contribution is -2.20. The second-order valence-corrected chi connectivity index (χ2v) is 7.45. The molecule has 2 aromatic carbocycles. The number of rotatable bonds is 7. The first-order valence-corrected chi connectivity index (χ1v) is 10.5. The number of halogens is 1. The van der Waals surface area contributed by atoms with Crippen LogP contribution < -0.4 is 14.9 Å². The summed E-state index contributed by atoms with van der Waals surface area (Å²) in [5, 5.41) is 9.07. The molecule has 3 aromatic rings. The second kappa shape index (κ2) is 9.22. The number of para-hydroxylation sites is 1. The molecule has 160 valence electrons. The highest BCUT2D eigenvalue weighted by atomic mass is 35.5. The third kappa shape index (κ3) is 4.27. The van der Waals surface area contributed by atoms with E-state index in [1.54, 1.807) is 12.1 Å². The van der Waals surface area contributed by atoms with Gasteiger partial charge < -0.3 is 9.47 Å². The van der Waals surface area contributed by atoms with Crippen molar-refractivity contribution in [2.75, 3.05) is 13.7 Å². The second-order valence-electron chi connectivity index (χ2n) is 7.04. The largest absolute Gasteiger partial charge is 0.491 e. The topological polar surface area (TPSA) is 77.7 Å². The van der Waals surface area contributed by atoms with E-state index in [9.17, 15) is 4.79 Å². The zero-order valence-electron chi connectivity index (χ0n) is 17.4. The van der Waals surface area contributed by atoms with E-state index in [4.69, 9.17) is 21.1 Å². The Hall–Kier alpha value is -3.32. The van der Waals surface area contributed by atoms with Crippen molar-refractivity contribution in [1.29, 1.82) is 0 Å². The van der Waals surface area contributed by atoms with Crippen LogP contribution in [0.3, 0.4) is 0 Å². The molecule has 0 atom stereocenters. The lowest BCUT2D eigenvalue weighted by atomic mass is 10.2. The van der Waals surface area contributed by atoms with Gasteiger partial charge in [0.25, 0.3) is 5.91 Å². The summed E-state index contributed by atoms with van der Waals surface area (Å²) in [6.45, 7) is 2.35. The molecular formula is C23H23ClN4O3. The maximum Gasteiger partial charge on any atom is 0.292 e. The molecule has 0 spiro atoms. The molecule has 8 heteroatoms. The van der Waals surface area contributed by atoms with Gasteiger partial charge in [0, 0.05) is 11.3 Å². The molecule has 0 saturated carbocycles. The number of hydrogen-bond acceptors (Lipinski definition) is 5. The predicted molar refractivity (Wildman–Crippen MR) is 120 cm³/mol. The number of carbonyl (C=O) groups is 1. The summed E-state index contributed by atoms with van der Waals surface area (Å²) < 4.78 is 12.7. The molecule has 1 amide bonds. The van der Waals surface area contributed by atoms with Gasteiger partial charge in [0.15, 0.2) is 17.2 Å². The van der Waals surface area contributed by atoms with Crippen molar-refractivity contribution in [3.05, 3.63) is 70.0 Å². The summed E-state index contributed by atoms with van der Waals surface area (Å²) in [6.07, 6.45) is 4.26. The van der Waals surface area contributed by atoms with Crippen molar-refractivity contribution in [3.8, 4) is 17.2 Å². The molecule has 1 aliphatic carbocycles. The number of aromatic nitrogens is 2. The number of hydrogen-bond donors (Lipinski definition) is 1. The minimum absolute atomic E-state index is 0.339. The number of ether oxygens (including phenoxy) is 2. The van der Waals surface area contributed by atoms with Gasteiger partial charge in [-0.15, -0.1) is 0 Å². The molecule has 0 bridgehead atoms. The number of carbonyl (C=O) groups excluding carboxylic acids is 1. The quantitative estimate of drug-likeness (QED) is 0.443. The van der Waals surface area contributed by atoms with Gasteiger partial charge >= 0.3 is 0 Å². The van der Waals surface area contributed by atoms with Gasteiger partial charge in [0.2, 0.25) is 0 Å². The molecule has 4 rings (SSSR count). The number of fused-ring (bicyclic) bond motifs is 1. The molecule has 1 N–H and O–H groups in total. The van der Waals surface area contributed by atoms with Crippen molar-refractivity contribution >= 4 is 23.7 Å². The Labute approximate surface area is 185 Å². The van der Waals surface area contributed by atoms with Gasteiger partial charge in [-0.1, -0.05) is 29.8 Å². The minimum atomic E-state index is -0.339. The third-order valence-corrected chi connectivity index (χ3v) is 5.34. The summed E-state index contributed by atoms with van der Waals surface area (Å²) in [6, 6.07) is 13.3. The molecule has 0 fully saturated rings. The van der Waals surface area contributed by atoms with E-state index in [1.165, 1.54) is 13.3 Å². The number of benzene rings is 2. The van der Waals surface area contributed by atoms with E-state index in [-0.39, 0.29) is 5.91 Å². The molecule has 0 aliphatic heterocycles. The molecule has 1 aliphatic rings. The lowest BCUT2D eigenvalue weighted by molar-refractivity contribution is 0.0949. The highest BCUT2D eigenvalue weighted by molar-refractivity contribution is 6.32. The molecule has 1 heterocycles. The normalized spacial score (nSPS) is 12.7. The predicted octanol–water partition coefficient (Wildman–Crippen LogP) is 4.19. The van der Waals surface area contributed by atoms with E-state index < -0.39 is 0 Å². The zero-order chi connectivity index (χ0) is 21.8. The van der Waals surface area contributed by atoms with E-state index in [2.05, 4.69) is 15.6 Å². The summed E-state index contributed by atoms with van der Waals surface area (Å²) in [7, 11) is 1.53. The summed E-state index contributed by atoms with van der Waals surface area (Å²) in [5.74, 6) is 0.644. The maximum atomic E-state index is 12.8. The number of nitrogens with zero attached hydrogens (tertiary/aromatic N) is 3.